The summed E-state index contributed by atoms with van der Waals surface area (Å²) < 4.78 is 2.17. The van der Waals surface area contributed by atoms with Crippen molar-refractivity contribution in [1.29, 1.82) is 0 Å². The maximum atomic E-state index is 2.25. The van der Waals surface area contributed by atoms with Gasteiger partial charge in [0.2, 0.25) is 0 Å². The maximum Gasteiger partial charge on any atom is 0.0834 e. The summed E-state index contributed by atoms with van der Waals surface area (Å²) in [5.74, 6) is 0. The first kappa shape index (κ1) is 10.9. The third-order valence-electron chi connectivity index (χ3n) is 1.66. The van der Waals surface area contributed by atoms with Crippen molar-refractivity contribution < 1.29 is 8.97 Å². The van der Waals surface area contributed by atoms with Crippen LogP contribution in [0.1, 0.15) is 6.42 Å². The van der Waals surface area contributed by atoms with Gasteiger partial charge in [0, 0.05) is 6.42 Å². The van der Waals surface area contributed by atoms with E-state index in [1.165, 1.54) is 19.5 Å². The number of hydrogen-bond acceptors (Lipinski definition) is 0. The quantitative estimate of drug-likeness (QED) is 0.533. The SMILES string of the molecule is C[N+](C)(C)CCC[N+](C)(C)C. The Kier molecular flexibility index (Phi) is 3.52. The lowest BCUT2D eigenvalue weighted by Crippen LogP contribution is -2.40. The van der Waals surface area contributed by atoms with Gasteiger partial charge in [-0.05, 0) is 0 Å². The smallest absolute Gasteiger partial charge is 0.0834 e. The Morgan fingerprint density at radius 3 is 1.09 bits per heavy atom. The standard InChI is InChI=1S/C9H24N2/c1-10(2,3)8-7-9-11(4,5)6/h7-9H2,1-6H3/q+2. The number of nitrogens with zero attached hydrogens (tertiary/aromatic N) is 2. The van der Waals surface area contributed by atoms with E-state index in [9.17, 15) is 0 Å². The molecule has 0 heterocycles. The molecule has 0 aromatic carbocycles. The van der Waals surface area contributed by atoms with E-state index in [1.54, 1.807) is 0 Å². The van der Waals surface area contributed by atoms with Gasteiger partial charge < -0.3 is 8.97 Å². The van der Waals surface area contributed by atoms with E-state index < -0.39 is 0 Å². The summed E-state index contributed by atoms with van der Waals surface area (Å²) >= 11 is 0. The second kappa shape index (κ2) is 3.55. The van der Waals surface area contributed by atoms with Gasteiger partial charge in [0.15, 0.2) is 0 Å². The minimum atomic E-state index is 1.08. The Balaban J connectivity index is 3.44. The lowest BCUT2D eigenvalue weighted by atomic mass is 10.3. The minimum Gasteiger partial charge on any atom is -0.331 e. The Bertz CT molecular complexity index is 91.7. The average molecular weight is 160 g/mol. The molecule has 0 atom stereocenters. The molecule has 0 radical (unpaired) electrons. The van der Waals surface area contributed by atoms with E-state index in [4.69, 9.17) is 0 Å². The summed E-state index contributed by atoms with van der Waals surface area (Å²) in [6, 6.07) is 0. The van der Waals surface area contributed by atoms with Gasteiger partial charge in [-0.2, -0.15) is 0 Å². The van der Waals surface area contributed by atoms with Gasteiger partial charge in [-0.25, -0.2) is 0 Å². The number of rotatable bonds is 4. The van der Waals surface area contributed by atoms with Crippen LogP contribution in [0.5, 0.6) is 0 Å². The lowest BCUT2D eigenvalue weighted by Gasteiger charge is -2.28. The van der Waals surface area contributed by atoms with Crippen molar-refractivity contribution in [2.24, 2.45) is 0 Å². The van der Waals surface area contributed by atoms with Gasteiger partial charge in [-0.3, -0.25) is 0 Å². The Hall–Kier alpha value is -0.0800. The molecule has 0 fully saturated rings. The van der Waals surface area contributed by atoms with Crippen molar-refractivity contribution in [1.82, 2.24) is 0 Å². The van der Waals surface area contributed by atoms with Crippen LogP contribution >= 0.6 is 0 Å². The van der Waals surface area contributed by atoms with Crippen LogP contribution < -0.4 is 0 Å². The molecule has 0 saturated heterocycles. The molecule has 0 spiro atoms. The molecule has 0 bridgehead atoms. The molecular formula is C9H24N2+2. The highest BCUT2D eigenvalue weighted by Gasteiger charge is 2.11. The largest absolute Gasteiger partial charge is 0.331 e. The van der Waals surface area contributed by atoms with Crippen LogP contribution in [0.15, 0.2) is 0 Å². The van der Waals surface area contributed by atoms with Crippen LogP contribution in [0, 0.1) is 0 Å². The molecule has 0 aliphatic carbocycles. The zero-order chi connectivity index (χ0) is 9.12. The Morgan fingerprint density at radius 2 is 0.909 bits per heavy atom. The third kappa shape index (κ3) is 9.92. The van der Waals surface area contributed by atoms with Crippen molar-refractivity contribution in [3.63, 3.8) is 0 Å². The van der Waals surface area contributed by atoms with Crippen molar-refractivity contribution in [3.8, 4) is 0 Å². The molecule has 0 aliphatic rings. The molecule has 0 rings (SSSR count). The van der Waals surface area contributed by atoms with Gasteiger partial charge in [0.1, 0.15) is 0 Å². The lowest BCUT2D eigenvalue weighted by molar-refractivity contribution is -0.890. The highest BCUT2D eigenvalue weighted by molar-refractivity contribution is 4.33. The summed E-state index contributed by atoms with van der Waals surface area (Å²) in [4.78, 5) is 0. The fourth-order valence-electron chi connectivity index (χ4n) is 1.02. The maximum absolute atomic E-state index is 2.25. The molecule has 11 heavy (non-hydrogen) atoms. The van der Waals surface area contributed by atoms with Gasteiger partial charge >= 0.3 is 0 Å². The number of quaternary nitrogens is 2. The molecule has 0 aromatic rings. The molecule has 0 aromatic heterocycles. The zero-order valence-corrected chi connectivity index (χ0v) is 9.02. The van der Waals surface area contributed by atoms with Crippen molar-refractivity contribution >= 4 is 0 Å². The number of hydrogen-bond donors (Lipinski definition) is 0. The fraction of sp³-hybridized carbons (Fsp3) is 1.00. The molecule has 0 aliphatic heterocycles. The van der Waals surface area contributed by atoms with E-state index in [0.717, 1.165) is 8.97 Å². The molecule has 0 N–H and O–H groups in total. The van der Waals surface area contributed by atoms with Gasteiger partial charge in [0.25, 0.3) is 0 Å². The normalized spacial score (nSPS) is 13.6. The van der Waals surface area contributed by atoms with Gasteiger partial charge in [-0.15, -0.1) is 0 Å². The predicted octanol–water partition coefficient (Wildman–Crippen LogP) is 0.789. The van der Waals surface area contributed by atoms with Crippen LogP contribution in [-0.4, -0.2) is 64.3 Å². The Labute approximate surface area is 71.6 Å². The van der Waals surface area contributed by atoms with Crippen LogP contribution in [0.25, 0.3) is 0 Å². The molecule has 2 heteroatoms. The van der Waals surface area contributed by atoms with Gasteiger partial charge in [-0.1, -0.05) is 0 Å². The highest BCUT2D eigenvalue weighted by Crippen LogP contribution is 1.98. The monoisotopic (exact) mass is 160 g/mol. The summed E-state index contributed by atoms with van der Waals surface area (Å²) in [5.41, 5.74) is 0. The highest BCUT2D eigenvalue weighted by atomic mass is 15.3. The van der Waals surface area contributed by atoms with Crippen LogP contribution in [0.3, 0.4) is 0 Å². The fourth-order valence-corrected chi connectivity index (χ4v) is 1.02. The second-order valence-corrected chi connectivity index (χ2v) is 5.38. The molecule has 0 saturated carbocycles. The minimum absolute atomic E-state index is 1.08. The summed E-state index contributed by atoms with van der Waals surface area (Å²) in [7, 11) is 13.5. The predicted molar refractivity (Wildman–Crippen MR) is 50.4 cm³/mol. The summed E-state index contributed by atoms with van der Waals surface area (Å²) in [6.45, 7) is 2.55. The summed E-state index contributed by atoms with van der Waals surface area (Å²) in [5, 5.41) is 0. The van der Waals surface area contributed by atoms with Crippen LogP contribution in [0.2, 0.25) is 0 Å². The van der Waals surface area contributed by atoms with Crippen molar-refractivity contribution in [2.75, 3.05) is 55.4 Å². The van der Waals surface area contributed by atoms with E-state index >= 15 is 0 Å². The van der Waals surface area contributed by atoms with Crippen LogP contribution in [-0.2, 0) is 0 Å². The van der Waals surface area contributed by atoms with E-state index in [1.807, 2.05) is 0 Å². The average Bonchev–Trinajstić information content (AvgIpc) is 1.55. The first-order valence-electron chi connectivity index (χ1n) is 4.32. The van der Waals surface area contributed by atoms with Crippen molar-refractivity contribution in [3.05, 3.63) is 0 Å². The second-order valence-electron chi connectivity index (χ2n) is 5.38. The van der Waals surface area contributed by atoms with E-state index in [-0.39, 0.29) is 0 Å². The van der Waals surface area contributed by atoms with Crippen molar-refractivity contribution in [2.45, 2.75) is 6.42 Å². The van der Waals surface area contributed by atoms with E-state index in [0.29, 0.717) is 0 Å². The Morgan fingerprint density at radius 1 is 0.636 bits per heavy atom. The topological polar surface area (TPSA) is 0 Å². The first-order chi connectivity index (χ1) is 4.71. The summed E-state index contributed by atoms with van der Waals surface area (Å²) in [6.07, 6.45) is 1.31. The third-order valence-corrected chi connectivity index (χ3v) is 1.66. The molecule has 0 amide bonds. The van der Waals surface area contributed by atoms with E-state index in [2.05, 4.69) is 42.3 Å². The van der Waals surface area contributed by atoms with Crippen LogP contribution in [0.4, 0.5) is 0 Å². The van der Waals surface area contributed by atoms with Gasteiger partial charge in [0.05, 0.1) is 55.4 Å². The first-order valence-corrected chi connectivity index (χ1v) is 4.32. The molecular weight excluding hydrogens is 136 g/mol. The molecule has 0 unspecified atom stereocenters. The molecule has 68 valence electrons. The zero-order valence-electron chi connectivity index (χ0n) is 9.02. The molecule has 2 nitrogen and oxygen atoms in total.